The molecule has 0 bridgehead atoms. The van der Waals surface area contributed by atoms with Gasteiger partial charge < -0.3 is 16.0 Å². The standard InChI is InChI=1S/C14H16ClN3O2/c1-7-5-16-6-9(7)14(20)18-12-2-8-3-13(19)17-11(8)4-10(12)15/h2,4,7,9,16H,3,5-6H2,1H3,(H,17,19)(H,18,20). The molecule has 6 heteroatoms. The second-order valence-electron chi connectivity index (χ2n) is 5.45. The average Bonchev–Trinajstić information content (AvgIpc) is 2.94. The summed E-state index contributed by atoms with van der Waals surface area (Å²) in [5.74, 6) is 0.195. The molecule has 0 radical (unpaired) electrons. The van der Waals surface area contributed by atoms with E-state index in [9.17, 15) is 9.59 Å². The Morgan fingerprint density at radius 1 is 1.40 bits per heavy atom. The molecular formula is C14H16ClN3O2. The van der Waals surface area contributed by atoms with Gasteiger partial charge in [-0.3, -0.25) is 9.59 Å². The zero-order chi connectivity index (χ0) is 14.3. The Hall–Kier alpha value is -1.59. The van der Waals surface area contributed by atoms with Crippen LogP contribution in [0.15, 0.2) is 12.1 Å². The van der Waals surface area contributed by atoms with Crippen LogP contribution in [-0.4, -0.2) is 24.9 Å². The van der Waals surface area contributed by atoms with E-state index in [1.807, 2.05) is 0 Å². The number of carbonyl (C=O) groups is 2. The van der Waals surface area contributed by atoms with Crippen LogP contribution in [0.5, 0.6) is 0 Å². The molecule has 20 heavy (non-hydrogen) atoms. The number of rotatable bonds is 2. The van der Waals surface area contributed by atoms with Gasteiger partial charge in [0.1, 0.15) is 0 Å². The van der Waals surface area contributed by atoms with Gasteiger partial charge in [0, 0.05) is 12.2 Å². The average molecular weight is 294 g/mol. The summed E-state index contributed by atoms with van der Waals surface area (Å²) >= 11 is 6.16. The maximum Gasteiger partial charge on any atom is 0.229 e. The highest BCUT2D eigenvalue weighted by molar-refractivity contribution is 6.34. The minimum absolute atomic E-state index is 0.0263. The van der Waals surface area contributed by atoms with Crippen molar-refractivity contribution in [3.63, 3.8) is 0 Å². The van der Waals surface area contributed by atoms with Crippen molar-refractivity contribution in [2.75, 3.05) is 23.7 Å². The van der Waals surface area contributed by atoms with Crippen LogP contribution in [0.3, 0.4) is 0 Å². The first-order chi connectivity index (χ1) is 9.54. The summed E-state index contributed by atoms with van der Waals surface area (Å²) in [6.07, 6.45) is 0.330. The summed E-state index contributed by atoms with van der Waals surface area (Å²) < 4.78 is 0. The van der Waals surface area contributed by atoms with Crippen LogP contribution in [0.1, 0.15) is 12.5 Å². The predicted molar refractivity (Wildman–Crippen MR) is 77.9 cm³/mol. The number of nitrogens with one attached hydrogen (secondary N) is 3. The van der Waals surface area contributed by atoms with Gasteiger partial charge in [-0.15, -0.1) is 0 Å². The minimum atomic E-state index is -0.0480. The van der Waals surface area contributed by atoms with Crippen molar-refractivity contribution in [1.29, 1.82) is 0 Å². The topological polar surface area (TPSA) is 70.2 Å². The molecule has 2 amide bonds. The Balaban J connectivity index is 1.79. The van der Waals surface area contributed by atoms with Crippen LogP contribution in [0.4, 0.5) is 11.4 Å². The number of amides is 2. The van der Waals surface area contributed by atoms with E-state index in [0.29, 0.717) is 29.6 Å². The molecule has 2 unspecified atom stereocenters. The SMILES string of the molecule is CC1CNCC1C(=O)Nc1cc2c(cc1Cl)NC(=O)C2. The van der Waals surface area contributed by atoms with Gasteiger partial charge >= 0.3 is 0 Å². The third-order valence-electron chi connectivity index (χ3n) is 3.93. The fourth-order valence-electron chi connectivity index (χ4n) is 2.73. The van der Waals surface area contributed by atoms with Gasteiger partial charge in [-0.1, -0.05) is 18.5 Å². The van der Waals surface area contributed by atoms with Gasteiger partial charge in [0.25, 0.3) is 0 Å². The van der Waals surface area contributed by atoms with E-state index in [1.165, 1.54) is 0 Å². The van der Waals surface area contributed by atoms with Crippen molar-refractivity contribution in [2.24, 2.45) is 11.8 Å². The Bertz CT molecular complexity index is 588. The van der Waals surface area contributed by atoms with Gasteiger partial charge in [-0.25, -0.2) is 0 Å². The van der Waals surface area contributed by atoms with E-state index in [2.05, 4.69) is 22.9 Å². The largest absolute Gasteiger partial charge is 0.325 e. The molecule has 2 heterocycles. The van der Waals surface area contributed by atoms with Crippen LogP contribution in [-0.2, 0) is 16.0 Å². The first-order valence-corrected chi connectivity index (χ1v) is 7.06. The normalized spacial score (nSPS) is 24.4. The van der Waals surface area contributed by atoms with Crippen molar-refractivity contribution in [3.05, 3.63) is 22.7 Å². The highest BCUT2D eigenvalue weighted by Gasteiger charge is 2.30. The molecule has 1 saturated heterocycles. The molecule has 2 aliphatic rings. The van der Waals surface area contributed by atoms with Crippen molar-refractivity contribution >= 4 is 34.8 Å². The van der Waals surface area contributed by atoms with E-state index in [-0.39, 0.29) is 17.7 Å². The van der Waals surface area contributed by atoms with E-state index in [4.69, 9.17) is 11.6 Å². The van der Waals surface area contributed by atoms with Gasteiger partial charge in [-0.05, 0) is 30.2 Å². The molecule has 3 rings (SSSR count). The third-order valence-corrected chi connectivity index (χ3v) is 4.24. The lowest BCUT2D eigenvalue weighted by Crippen LogP contribution is -2.28. The number of hydrogen-bond donors (Lipinski definition) is 3. The molecule has 2 atom stereocenters. The smallest absolute Gasteiger partial charge is 0.229 e. The fraction of sp³-hybridized carbons (Fsp3) is 0.429. The van der Waals surface area contributed by atoms with E-state index >= 15 is 0 Å². The predicted octanol–water partition coefficient (Wildman–Crippen LogP) is 1.63. The molecule has 0 saturated carbocycles. The Morgan fingerprint density at radius 3 is 2.90 bits per heavy atom. The quantitative estimate of drug-likeness (QED) is 0.776. The molecule has 0 aliphatic carbocycles. The summed E-state index contributed by atoms with van der Waals surface area (Å²) in [5.41, 5.74) is 2.17. The second kappa shape index (κ2) is 5.07. The summed E-state index contributed by atoms with van der Waals surface area (Å²) in [7, 11) is 0. The number of fused-ring (bicyclic) bond motifs is 1. The van der Waals surface area contributed by atoms with Gasteiger partial charge in [0.15, 0.2) is 0 Å². The molecule has 0 aromatic heterocycles. The summed E-state index contributed by atoms with van der Waals surface area (Å²) in [5, 5.41) is 9.26. The van der Waals surface area contributed by atoms with Gasteiger partial charge in [0.2, 0.25) is 11.8 Å². The maximum atomic E-state index is 12.2. The highest BCUT2D eigenvalue weighted by Crippen LogP contribution is 2.33. The first kappa shape index (κ1) is 13.4. The monoisotopic (exact) mass is 293 g/mol. The molecule has 1 aromatic rings. The Morgan fingerprint density at radius 2 is 2.20 bits per heavy atom. The lowest BCUT2D eigenvalue weighted by Gasteiger charge is -2.15. The zero-order valence-electron chi connectivity index (χ0n) is 11.1. The number of carbonyl (C=O) groups excluding carboxylic acids is 2. The summed E-state index contributed by atoms with van der Waals surface area (Å²) in [4.78, 5) is 23.6. The van der Waals surface area contributed by atoms with Crippen molar-refractivity contribution in [2.45, 2.75) is 13.3 Å². The van der Waals surface area contributed by atoms with Gasteiger partial charge in [-0.2, -0.15) is 0 Å². The maximum absolute atomic E-state index is 12.2. The minimum Gasteiger partial charge on any atom is -0.325 e. The number of hydrogen-bond acceptors (Lipinski definition) is 3. The molecular weight excluding hydrogens is 278 g/mol. The van der Waals surface area contributed by atoms with Crippen LogP contribution in [0, 0.1) is 11.8 Å². The Labute approximate surface area is 122 Å². The summed E-state index contributed by atoms with van der Waals surface area (Å²) in [6.45, 7) is 3.60. The van der Waals surface area contributed by atoms with Crippen LogP contribution >= 0.6 is 11.6 Å². The number of benzene rings is 1. The van der Waals surface area contributed by atoms with E-state index < -0.39 is 0 Å². The molecule has 0 spiro atoms. The first-order valence-electron chi connectivity index (χ1n) is 6.68. The van der Waals surface area contributed by atoms with Crippen molar-refractivity contribution in [3.8, 4) is 0 Å². The lowest BCUT2D eigenvalue weighted by molar-refractivity contribution is -0.120. The number of halogens is 1. The van der Waals surface area contributed by atoms with Crippen LogP contribution in [0.25, 0.3) is 0 Å². The molecule has 1 fully saturated rings. The lowest BCUT2D eigenvalue weighted by atomic mass is 9.97. The molecule has 5 nitrogen and oxygen atoms in total. The molecule has 106 valence electrons. The van der Waals surface area contributed by atoms with Crippen molar-refractivity contribution in [1.82, 2.24) is 5.32 Å². The zero-order valence-corrected chi connectivity index (χ0v) is 11.9. The summed E-state index contributed by atoms with van der Waals surface area (Å²) in [6, 6.07) is 3.47. The van der Waals surface area contributed by atoms with Crippen LogP contribution < -0.4 is 16.0 Å². The van der Waals surface area contributed by atoms with Crippen LogP contribution in [0.2, 0.25) is 5.02 Å². The highest BCUT2D eigenvalue weighted by atomic mass is 35.5. The van der Waals surface area contributed by atoms with E-state index in [1.54, 1.807) is 12.1 Å². The molecule has 1 aromatic carbocycles. The Kier molecular flexibility index (Phi) is 3.40. The van der Waals surface area contributed by atoms with Gasteiger partial charge in [0.05, 0.1) is 23.0 Å². The molecule has 2 aliphatic heterocycles. The van der Waals surface area contributed by atoms with E-state index in [0.717, 1.165) is 17.8 Å². The molecule has 3 N–H and O–H groups in total. The second-order valence-corrected chi connectivity index (χ2v) is 5.85. The van der Waals surface area contributed by atoms with Crippen molar-refractivity contribution < 1.29 is 9.59 Å². The number of anilines is 2. The fourth-order valence-corrected chi connectivity index (χ4v) is 2.94. The third kappa shape index (κ3) is 2.39.